The first-order chi connectivity index (χ1) is 9.63. The van der Waals surface area contributed by atoms with E-state index >= 15 is 0 Å². The van der Waals surface area contributed by atoms with Gasteiger partial charge in [0.05, 0.1) is 5.52 Å². The number of halogens is 1. The van der Waals surface area contributed by atoms with Crippen LogP contribution in [0.1, 0.15) is 11.1 Å². The number of nitrogens with one attached hydrogen (secondary N) is 1. The van der Waals surface area contributed by atoms with Gasteiger partial charge in [0.15, 0.2) is 0 Å². The summed E-state index contributed by atoms with van der Waals surface area (Å²) in [6.07, 6.45) is 1.53. The highest BCUT2D eigenvalue weighted by molar-refractivity contribution is 5.90. The summed E-state index contributed by atoms with van der Waals surface area (Å²) in [7, 11) is 0. The summed E-state index contributed by atoms with van der Waals surface area (Å²) in [5, 5.41) is 4.16. The molecule has 1 N–H and O–H groups in total. The lowest BCUT2D eigenvalue weighted by Crippen LogP contribution is -1.97. The summed E-state index contributed by atoms with van der Waals surface area (Å²) in [6, 6.07) is 10.9. The first-order valence-electron chi connectivity index (χ1n) is 6.38. The number of rotatable bonds is 2. The van der Waals surface area contributed by atoms with Gasteiger partial charge in [-0.15, -0.1) is 0 Å². The molecule has 4 heteroatoms. The Morgan fingerprint density at radius 2 is 1.85 bits per heavy atom. The van der Waals surface area contributed by atoms with Crippen molar-refractivity contribution in [3.63, 3.8) is 0 Å². The standard InChI is InChI=1S/C16H14FN3/c1-10-3-5-13-15(7-10)18-9-19-16(13)20-12-4-6-14(17)11(2)8-12/h3-9H,1-2H3,(H,18,19,20). The summed E-state index contributed by atoms with van der Waals surface area (Å²) >= 11 is 0. The van der Waals surface area contributed by atoms with Gasteiger partial charge < -0.3 is 5.32 Å². The number of benzene rings is 2. The molecule has 20 heavy (non-hydrogen) atoms. The highest BCUT2D eigenvalue weighted by Gasteiger charge is 2.05. The van der Waals surface area contributed by atoms with Crippen LogP contribution in [0.25, 0.3) is 10.9 Å². The molecule has 100 valence electrons. The van der Waals surface area contributed by atoms with Crippen LogP contribution in [0, 0.1) is 19.7 Å². The second-order valence-electron chi connectivity index (χ2n) is 4.83. The maximum Gasteiger partial charge on any atom is 0.141 e. The highest BCUT2D eigenvalue weighted by atomic mass is 19.1. The fraction of sp³-hybridized carbons (Fsp3) is 0.125. The Hall–Kier alpha value is -2.49. The molecule has 0 radical (unpaired) electrons. The van der Waals surface area contributed by atoms with Crippen molar-refractivity contribution in [3.05, 3.63) is 59.7 Å². The van der Waals surface area contributed by atoms with E-state index in [1.54, 1.807) is 19.1 Å². The van der Waals surface area contributed by atoms with Crippen LogP contribution in [0.2, 0.25) is 0 Å². The molecule has 1 heterocycles. The van der Waals surface area contributed by atoms with Gasteiger partial charge in [-0.3, -0.25) is 0 Å². The molecule has 0 fully saturated rings. The van der Waals surface area contributed by atoms with Crippen molar-refractivity contribution in [1.29, 1.82) is 0 Å². The minimum absolute atomic E-state index is 0.210. The van der Waals surface area contributed by atoms with Gasteiger partial charge in [0.2, 0.25) is 0 Å². The first-order valence-corrected chi connectivity index (χ1v) is 6.38. The Kier molecular flexibility index (Phi) is 3.06. The Bertz CT molecular complexity index is 784. The number of anilines is 2. The SMILES string of the molecule is Cc1ccc2c(Nc3ccc(F)c(C)c3)ncnc2c1. The highest BCUT2D eigenvalue weighted by Crippen LogP contribution is 2.24. The van der Waals surface area contributed by atoms with Gasteiger partial charge in [-0.05, 0) is 55.3 Å². The van der Waals surface area contributed by atoms with E-state index in [1.165, 1.54) is 12.4 Å². The summed E-state index contributed by atoms with van der Waals surface area (Å²) in [6.45, 7) is 3.76. The molecule has 0 spiro atoms. The average Bonchev–Trinajstić information content (AvgIpc) is 2.43. The van der Waals surface area contributed by atoms with Crippen LogP contribution in [0.5, 0.6) is 0 Å². The van der Waals surface area contributed by atoms with Crippen molar-refractivity contribution in [1.82, 2.24) is 9.97 Å². The van der Waals surface area contributed by atoms with Crippen LogP contribution in [-0.4, -0.2) is 9.97 Å². The number of fused-ring (bicyclic) bond motifs is 1. The summed E-state index contributed by atoms with van der Waals surface area (Å²) in [5.41, 5.74) is 3.45. The maximum atomic E-state index is 13.3. The van der Waals surface area contributed by atoms with E-state index in [0.29, 0.717) is 5.56 Å². The minimum atomic E-state index is -0.210. The van der Waals surface area contributed by atoms with Crippen LogP contribution < -0.4 is 5.32 Å². The second kappa shape index (κ2) is 4.89. The molecular weight excluding hydrogens is 253 g/mol. The van der Waals surface area contributed by atoms with Crippen molar-refractivity contribution in [2.45, 2.75) is 13.8 Å². The van der Waals surface area contributed by atoms with Crippen LogP contribution in [0.4, 0.5) is 15.9 Å². The normalized spacial score (nSPS) is 10.8. The number of hydrogen-bond acceptors (Lipinski definition) is 3. The van der Waals surface area contributed by atoms with Gasteiger partial charge in [0, 0.05) is 11.1 Å². The lowest BCUT2D eigenvalue weighted by atomic mass is 10.1. The van der Waals surface area contributed by atoms with Crippen molar-refractivity contribution in [3.8, 4) is 0 Å². The fourth-order valence-electron chi connectivity index (χ4n) is 2.13. The van der Waals surface area contributed by atoms with Gasteiger partial charge in [-0.2, -0.15) is 0 Å². The molecule has 3 aromatic rings. The molecular formula is C16H14FN3. The molecule has 0 bridgehead atoms. The van der Waals surface area contributed by atoms with Crippen molar-refractivity contribution >= 4 is 22.4 Å². The molecule has 0 aliphatic carbocycles. The van der Waals surface area contributed by atoms with Crippen LogP contribution in [0.3, 0.4) is 0 Å². The van der Waals surface area contributed by atoms with E-state index < -0.39 is 0 Å². The van der Waals surface area contributed by atoms with Gasteiger partial charge in [0.1, 0.15) is 18.0 Å². The monoisotopic (exact) mass is 267 g/mol. The zero-order chi connectivity index (χ0) is 14.1. The molecule has 3 nitrogen and oxygen atoms in total. The molecule has 0 amide bonds. The van der Waals surface area contributed by atoms with Crippen molar-refractivity contribution < 1.29 is 4.39 Å². The van der Waals surface area contributed by atoms with E-state index in [1.807, 2.05) is 25.1 Å². The molecule has 0 saturated carbocycles. The minimum Gasteiger partial charge on any atom is -0.340 e. The molecule has 0 aliphatic rings. The second-order valence-corrected chi connectivity index (χ2v) is 4.83. The van der Waals surface area contributed by atoms with Gasteiger partial charge in [-0.1, -0.05) is 6.07 Å². The quantitative estimate of drug-likeness (QED) is 0.758. The summed E-state index contributed by atoms with van der Waals surface area (Å²) < 4.78 is 13.3. The van der Waals surface area contributed by atoms with Crippen molar-refractivity contribution in [2.24, 2.45) is 0 Å². The van der Waals surface area contributed by atoms with E-state index in [9.17, 15) is 4.39 Å². The smallest absolute Gasteiger partial charge is 0.141 e. The third-order valence-corrected chi connectivity index (χ3v) is 3.21. The van der Waals surface area contributed by atoms with E-state index in [-0.39, 0.29) is 5.82 Å². The zero-order valence-corrected chi connectivity index (χ0v) is 11.3. The van der Waals surface area contributed by atoms with E-state index in [4.69, 9.17) is 0 Å². The average molecular weight is 267 g/mol. The Labute approximate surface area is 116 Å². The number of aryl methyl sites for hydroxylation is 2. The predicted molar refractivity (Wildman–Crippen MR) is 78.7 cm³/mol. The van der Waals surface area contributed by atoms with Gasteiger partial charge in [-0.25, -0.2) is 14.4 Å². The zero-order valence-electron chi connectivity index (χ0n) is 11.3. The molecule has 0 saturated heterocycles. The lowest BCUT2D eigenvalue weighted by Gasteiger charge is -2.09. The lowest BCUT2D eigenvalue weighted by molar-refractivity contribution is 0.619. The molecule has 0 aliphatic heterocycles. The number of hydrogen-bond donors (Lipinski definition) is 1. The third-order valence-electron chi connectivity index (χ3n) is 3.21. The topological polar surface area (TPSA) is 37.8 Å². The molecule has 0 unspecified atom stereocenters. The Balaban J connectivity index is 2.04. The van der Waals surface area contributed by atoms with E-state index in [0.717, 1.165) is 28.0 Å². The van der Waals surface area contributed by atoms with Crippen LogP contribution in [-0.2, 0) is 0 Å². The maximum absolute atomic E-state index is 13.3. The summed E-state index contributed by atoms with van der Waals surface area (Å²) in [4.78, 5) is 8.53. The Morgan fingerprint density at radius 3 is 2.65 bits per heavy atom. The molecule has 0 atom stereocenters. The summed E-state index contributed by atoms with van der Waals surface area (Å²) in [5.74, 6) is 0.514. The fourth-order valence-corrected chi connectivity index (χ4v) is 2.13. The third kappa shape index (κ3) is 2.32. The molecule has 1 aromatic heterocycles. The number of nitrogens with zero attached hydrogens (tertiary/aromatic N) is 2. The first kappa shape index (κ1) is 12.5. The Morgan fingerprint density at radius 1 is 1.00 bits per heavy atom. The van der Waals surface area contributed by atoms with E-state index in [2.05, 4.69) is 15.3 Å². The van der Waals surface area contributed by atoms with Crippen LogP contribution >= 0.6 is 0 Å². The van der Waals surface area contributed by atoms with Crippen molar-refractivity contribution in [2.75, 3.05) is 5.32 Å². The van der Waals surface area contributed by atoms with Gasteiger partial charge in [0.25, 0.3) is 0 Å². The van der Waals surface area contributed by atoms with Gasteiger partial charge >= 0.3 is 0 Å². The largest absolute Gasteiger partial charge is 0.340 e. The molecule has 3 rings (SSSR count). The molecule has 2 aromatic carbocycles. The number of aromatic nitrogens is 2. The predicted octanol–water partition coefficient (Wildman–Crippen LogP) is 4.13. The van der Waals surface area contributed by atoms with Crippen LogP contribution in [0.15, 0.2) is 42.7 Å².